The Bertz CT molecular complexity index is 415. The highest BCUT2D eigenvalue weighted by atomic mass is 16.7. The molecule has 0 spiro atoms. The van der Waals surface area contributed by atoms with Gasteiger partial charge < -0.3 is 19.0 Å². The summed E-state index contributed by atoms with van der Waals surface area (Å²) < 4.78 is 16.7. The fraction of sp³-hybridized carbons (Fsp3) is 0.533. The molecule has 1 fully saturated rings. The van der Waals surface area contributed by atoms with Crippen molar-refractivity contribution in [3.05, 3.63) is 29.8 Å². The SMILES string of the molecule is COc1ccc(C2OC[C@H](C)[C@@H]([C@@H](C)C=O)O2)cc1. The molecule has 4 heteroatoms. The fourth-order valence-electron chi connectivity index (χ4n) is 2.31. The van der Waals surface area contributed by atoms with E-state index in [1.54, 1.807) is 7.11 Å². The molecule has 104 valence electrons. The predicted octanol–water partition coefficient (Wildman–Crippen LogP) is 2.58. The maximum absolute atomic E-state index is 10.9. The van der Waals surface area contributed by atoms with Crippen LogP contribution in [0.4, 0.5) is 0 Å². The van der Waals surface area contributed by atoms with E-state index in [4.69, 9.17) is 14.2 Å². The van der Waals surface area contributed by atoms with Gasteiger partial charge in [0, 0.05) is 17.4 Å². The average Bonchev–Trinajstić information content (AvgIpc) is 2.47. The van der Waals surface area contributed by atoms with Crippen LogP contribution in [-0.2, 0) is 14.3 Å². The zero-order valence-corrected chi connectivity index (χ0v) is 11.5. The number of hydrogen-bond acceptors (Lipinski definition) is 4. The summed E-state index contributed by atoms with van der Waals surface area (Å²) in [5, 5.41) is 0. The average molecular weight is 264 g/mol. The predicted molar refractivity (Wildman–Crippen MR) is 71.0 cm³/mol. The maximum atomic E-state index is 10.9. The van der Waals surface area contributed by atoms with Crippen molar-refractivity contribution in [2.75, 3.05) is 13.7 Å². The lowest BCUT2D eigenvalue weighted by Crippen LogP contribution is -2.39. The van der Waals surface area contributed by atoms with Crippen molar-refractivity contribution >= 4 is 6.29 Å². The second-order valence-electron chi connectivity index (χ2n) is 5.01. The summed E-state index contributed by atoms with van der Waals surface area (Å²) in [6.07, 6.45) is 0.435. The maximum Gasteiger partial charge on any atom is 0.184 e. The molecule has 19 heavy (non-hydrogen) atoms. The summed E-state index contributed by atoms with van der Waals surface area (Å²) in [5.74, 6) is 0.889. The molecule has 0 amide bonds. The number of hydrogen-bond donors (Lipinski definition) is 0. The zero-order valence-electron chi connectivity index (χ0n) is 11.5. The molecule has 1 saturated heterocycles. The van der Waals surface area contributed by atoms with Gasteiger partial charge in [-0.3, -0.25) is 0 Å². The van der Waals surface area contributed by atoms with Crippen LogP contribution in [-0.4, -0.2) is 26.1 Å². The van der Waals surface area contributed by atoms with Crippen LogP contribution >= 0.6 is 0 Å². The Morgan fingerprint density at radius 3 is 2.63 bits per heavy atom. The second-order valence-corrected chi connectivity index (χ2v) is 5.01. The summed E-state index contributed by atoms with van der Waals surface area (Å²) in [7, 11) is 1.63. The van der Waals surface area contributed by atoms with E-state index in [-0.39, 0.29) is 17.9 Å². The molecule has 4 nitrogen and oxygen atoms in total. The molecule has 1 aliphatic rings. The topological polar surface area (TPSA) is 44.8 Å². The first kappa shape index (κ1) is 14.0. The van der Waals surface area contributed by atoms with Crippen molar-refractivity contribution in [1.29, 1.82) is 0 Å². The minimum Gasteiger partial charge on any atom is -0.497 e. The van der Waals surface area contributed by atoms with E-state index in [2.05, 4.69) is 0 Å². The highest BCUT2D eigenvalue weighted by Crippen LogP contribution is 2.32. The molecular formula is C15H20O4. The molecule has 2 rings (SSSR count). The Hall–Kier alpha value is -1.39. The molecule has 1 aromatic rings. The van der Waals surface area contributed by atoms with Crippen LogP contribution in [0.5, 0.6) is 5.75 Å². The van der Waals surface area contributed by atoms with Crippen LogP contribution in [0.3, 0.4) is 0 Å². The molecule has 1 aliphatic heterocycles. The molecular weight excluding hydrogens is 244 g/mol. The van der Waals surface area contributed by atoms with Gasteiger partial charge in [0.2, 0.25) is 0 Å². The minimum absolute atomic E-state index is 0.0987. The van der Waals surface area contributed by atoms with Gasteiger partial charge in [-0.15, -0.1) is 0 Å². The van der Waals surface area contributed by atoms with Crippen LogP contribution in [0.2, 0.25) is 0 Å². The molecule has 4 atom stereocenters. The van der Waals surface area contributed by atoms with E-state index in [0.717, 1.165) is 17.6 Å². The molecule has 1 heterocycles. The van der Waals surface area contributed by atoms with Gasteiger partial charge in [-0.25, -0.2) is 0 Å². The second kappa shape index (κ2) is 6.17. The molecule has 0 aromatic heterocycles. The first-order chi connectivity index (χ1) is 9.15. The summed E-state index contributed by atoms with van der Waals surface area (Å²) >= 11 is 0. The summed E-state index contributed by atoms with van der Waals surface area (Å²) in [4.78, 5) is 10.9. The Balaban J connectivity index is 2.10. The van der Waals surface area contributed by atoms with Gasteiger partial charge in [0.1, 0.15) is 12.0 Å². The Labute approximate surface area is 113 Å². The monoisotopic (exact) mass is 264 g/mol. The highest BCUT2D eigenvalue weighted by molar-refractivity contribution is 5.53. The molecule has 0 saturated carbocycles. The molecule has 0 aliphatic carbocycles. The lowest BCUT2D eigenvalue weighted by molar-refractivity contribution is -0.246. The standard InChI is InChI=1S/C15H20O4/c1-10(8-16)14-11(2)9-18-15(19-14)12-4-6-13(17-3)7-5-12/h4-8,10-11,14-15H,9H2,1-3H3/t10-,11-,14+,15?/m0/s1. The van der Waals surface area contributed by atoms with Gasteiger partial charge in [0.15, 0.2) is 6.29 Å². The van der Waals surface area contributed by atoms with Gasteiger partial charge in [-0.2, -0.15) is 0 Å². The van der Waals surface area contributed by atoms with Crippen molar-refractivity contribution in [3.63, 3.8) is 0 Å². The van der Waals surface area contributed by atoms with Crippen LogP contribution in [0.1, 0.15) is 25.7 Å². The molecule has 0 radical (unpaired) electrons. The third-order valence-electron chi connectivity index (χ3n) is 3.47. The van der Waals surface area contributed by atoms with Crippen molar-refractivity contribution in [3.8, 4) is 5.75 Å². The number of methoxy groups -OCH3 is 1. The Morgan fingerprint density at radius 2 is 2.05 bits per heavy atom. The number of benzene rings is 1. The van der Waals surface area contributed by atoms with Crippen LogP contribution in [0.15, 0.2) is 24.3 Å². The first-order valence-electron chi connectivity index (χ1n) is 6.52. The van der Waals surface area contributed by atoms with Crippen molar-refractivity contribution in [2.24, 2.45) is 11.8 Å². The van der Waals surface area contributed by atoms with E-state index >= 15 is 0 Å². The first-order valence-corrected chi connectivity index (χ1v) is 6.52. The van der Waals surface area contributed by atoms with Gasteiger partial charge in [0.25, 0.3) is 0 Å². The summed E-state index contributed by atoms with van der Waals surface area (Å²) in [6.45, 7) is 4.51. The summed E-state index contributed by atoms with van der Waals surface area (Å²) in [5.41, 5.74) is 0.941. The number of carbonyl (C=O) groups excluding carboxylic acids is 1. The third-order valence-corrected chi connectivity index (χ3v) is 3.47. The smallest absolute Gasteiger partial charge is 0.184 e. The van der Waals surface area contributed by atoms with Crippen LogP contribution in [0, 0.1) is 11.8 Å². The van der Waals surface area contributed by atoms with E-state index in [0.29, 0.717) is 6.61 Å². The Kier molecular flexibility index (Phi) is 4.56. The lowest BCUT2D eigenvalue weighted by Gasteiger charge is -2.36. The molecule has 0 N–H and O–H groups in total. The largest absolute Gasteiger partial charge is 0.497 e. The molecule has 1 aromatic carbocycles. The van der Waals surface area contributed by atoms with Crippen molar-refractivity contribution < 1.29 is 19.0 Å². The highest BCUT2D eigenvalue weighted by Gasteiger charge is 2.33. The van der Waals surface area contributed by atoms with Crippen LogP contribution < -0.4 is 4.74 Å². The van der Waals surface area contributed by atoms with Gasteiger partial charge in [0.05, 0.1) is 19.8 Å². The number of aldehydes is 1. The van der Waals surface area contributed by atoms with Gasteiger partial charge >= 0.3 is 0 Å². The lowest BCUT2D eigenvalue weighted by atomic mass is 9.94. The minimum atomic E-state index is -0.408. The van der Waals surface area contributed by atoms with Crippen LogP contribution in [0.25, 0.3) is 0 Å². The van der Waals surface area contributed by atoms with Gasteiger partial charge in [-0.1, -0.05) is 26.0 Å². The molecule has 1 unspecified atom stereocenters. The van der Waals surface area contributed by atoms with Crippen molar-refractivity contribution in [2.45, 2.75) is 26.2 Å². The number of carbonyl (C=O) groups is 1. The quantitative estimate of drug-likeness (QED) is 0.784. The van der Waals surface area contributed by atoms with E-state index in [1.807, 2.05) is 38.1 Å². The van der Waals surface area contributed by atoms with Crippen molar-refractivity contribution in [1.82, 2.24) is 0 Å². The van der Waals surface area contributed by atoms with Gasteiger partial charge in [-0.05, 0) is 12.1 Å². The number of rotatable bonds is 4. The molecule has 0 bridgehead atoms. The fourth-order valence-corrected chi connectivity index (χ4v) is 2.31. The third kappa shape index (κ3) is 3.14. The van der Waals surface area contributed by atoms with E-state index in [1.165, 1.54) is 0 Å². The normalized spacial score (nSPS) is 28.7. The zero-order chi connectivity index (χ0) is 13.8. The summed E-state index contributed by atoms with van der Waals surface area (Å²) in [6, 6.07) is 7.58. The van der Waals surface area contributed by atoms with E-state index < -0.39 is 6.29 Å². The number of ether oxygens (including phenoxy) is 3. The Morgan fingerprint density at radius 1 is 1.37 bits per heavy atom. The van der Waals surface area contributed by atoms with E-state index in [9.17, 15) is 4.79 Å².